The van der Waals surface area contributed by atoms with Gasteiger partial charge in [0.1, 0.15) is 18.0 Å². The molecular formula is C39H47F2N7O4. The maximum absolute atomic E-state index is 15.5. The molecule has 0 aliphatic carbocycles. The van der Waals surface area contributed by atoms with Crippen molar-refractivity contribution in [3.05, 3.63) is 107 Å². The fourth-order valence-corrected chi connectivity index (χ4v) is 6.51. The highest BCUT2D eigenvalue weighted by atomic mass is 19.1. The van der Waals surface area contributed by atoms with Crippen LogP contribution in [0.25, 0.3) is 5.52 Å². The van der Waals surface area contributed by atoms with Crippen molar-refractivity contribution in [2.45, 2.75) is 89.8 Å². The number of hydrogen-bond donors (Lipinski definition) is 4. The molecule has 1 fully saturated rings. The zero-order valence-electron chi connectivity index (χ0n) is 29.5. The van der Waals surface area contributed by atoms with Gasteiger partial charge in [0.2, 0.25) is 5.91 Å². The van der Waals surface area contributed by atoms with E-state index in [1.165, 1.54) is 43.6 Å². The Bertz CT molecular complexity index is 1890. The number of Topliss-reactive ketones (excluding diaryl/α,β-unsaturated/α-hetero) is 1. The summed E-state index contributed by atoms with van der Waals surface area (Å²) in [5, 5.41) is 19.5. The molecule has 0 radical (unpaired) electrons. The summed E-state index contributed by atoms with van der Waals surface area (Å²) >= 11 is 0. The summed E-state index contributed by atoms with van der Waals surface area (Å²) in [7, 11) is 0. The molecule has 1 unspecified atom stereocenters. The SMILES string of the molecule is C=C(C(C)=O)C(O)CCCCCCc1cc(CN2CCC(N)CC2)c2c(Cc3ccc(NC(=O)NC(=O)Cc4ccc(F)cc4)cc3F)ncnn12. The van der Waals surface area contributed by atoms with Gasteiger partial charge in [0.05, 0.1) is 23.7 Å². The summed E-state index contributed by atoms with van der Waals surface area (Å²) in [6.45, 7) is 7.55. The Hall–Kier alpha value is -4.85. The van der Waals surface area contributed by atoms with E-state index >= 15 is 4.39 Å². The van der Waals surface area contributed by atoms with E-state index in [0.717, 1.165) is 74.8 Å². The number of benzene rings is 2. The van der Waals surface area contributed by atoms with Crippen molar-refractivity contribution in [3.63, 3.8) is 0 Å². The number of rotatable bonds is 16. The number of carbonyl (C=O) groups is 3. The second-order valence-electron chi connectivity index (χ2n) is 13.6. The number of aromatic nitrogens is 3. The molecule has 1 saturated heterocycles. The Morgan fingerprint density at radius 1 is 1.02 bits per heavy atom. The van der Waals surface area contributed by atoms with Crippen LogP contribution in [0.2, 0.25) is 0 Å². The van der Waals surface area contributed by atoms with E-state index < -0.39 is 29.7 Å². The maximum atomic E-state index is 15.5. The van der Waals surface area contributed by atoms with Crippen LogP contribution >= 0.6 is 0 Å². The lowest BCUT2D eigenvalue weighted by Gasteiger charge is -2.29. The van der Waals surface area contributed by atoms with E-state index in [1.807, 2.05) is 4.52 Å². The number of nitrogens with zero attached hydrogens (tertiary/aromatic N) is 4. The average Bonchev–Trinajstić information content (AvgIpc) is 3.46. The lowest BCUT2D eigenvalue weighted by molar-refractivity contribution is -0.119. The van der Waals surface area contributed by atoms with Crippen LogP contribution in [0.5, 0.6) is 0 Å². The number of amides is 3. The number of aryl methyl sites for hydroxylation is 1. The summed E-state index contributed by atoms with van der Waals surface area (Å²) in [5.74, 6) is -1.74. The molecule has 0 saturated carbocycles. The first-order valence-corrected chi connectivity index (χ1v) is 17.8. The zero-order chi connectivity index (χ0) is 37.2. The van der Waals surface area contributed by atoms with Crippen LogP contribution in [-0.4, -0.2) is 67.6 Å². The Kier molecular flexibility index (Phi) is 13.3. The second kappa shape index (κ2) is 18.1. The van der Waals surface area contributed by atoms with Crippen molar-refractivity contribution < 1.29 is 28.3 Å². The fourth-order valence-electron chi connectivity index (χ4n) is 6.51. The van der Waals surface area contributed by atoms with Gasteiger partial charge >= 0.3 is 6.03 Å². The minimum Gasteiger partial charge on any atom is -0.388 e. The molecule has 2 aromatic carbocycles. The fraction of sp³-hybridized carbons (Fsp3) is 0.410. The summed E-state index contributed by atoms with van der Waals surface area (Å²) in [6.07, 6.45) is 7.41. The molecular weight excluding hydrogens is 668 g/mol. The third-order valence-corrected chi connectivity index (χ3v) is 9.52. The van der Waals surface area contributed by atoms with E-state index in [9.17, 15) is 23.9 Å². The molecule has 276 valence electrons. The maximum Gasteiger partial charge on any atom is 0.325 e. The molecule has 0 spiro atoms. The second-order valence-corrected chi connectivity index (χ2v) is 13.6. The molecule has 5 N–H and O–H groups in total. The summed E-state index contributed by atoms with van der Waals surface area (Å²) in [4.78, 5) is 43.2. The number of anilines is 1. The van der Waals surface area contributed by atoms with Gasteiger partial charge in [0.15, 0.2) is 5.78 Å². The van der Waals surface area contributed by atoms with Crippen LogP contribution in [0.1, 0.15) is 79.9 Å². The third-order valence-electron chi connectivity index (χ3n) is 9.52. The first-order chi connectivity index (χ1) is 25.0. The number of unbranched alkanes of at least 4 members (excludes halogenated alkanes) is 3. The van der Waals surface area contributed by atoms with Gasteiger partial charge in [0, 0.05) is 36.0 Å². The molecule has 2 aromatic heterocycles. The standard InChI is InChI=1S/C39H47F2N7O4/c1-25(26(2)49)36(50)8-6-4-3-5-7-33-20-29(23-47-17-15-31(42)16-18-47)38-35(43-24-44-48(33)38)21-28-11-14-32(22-34(28)41)45-39(52)46-37(51)19-27-9-12-30(40)13-10-27/h9-14,20,22,24,31,36,50H,1,3-8,15-19,21,23,42H2,2H3,(H2,45,46,51,52). The topological polar surface area (TPSA) is 155 Å². The number of nitrogens with one attached hydrogen (secondary N) is 2. The lowest BCUT2D eigenvalue weighted by atomic mass is 10.0. The van der Waals surface area contributed by atoms with Gasteiger partial charge in [-0.3, -0.25) is 19.8 Å². The minimum absolute atomic E-state index is 0.117. The van der Waals surface area contributed by atoms with E-state index in [4.69, 9.17) is 5.73 Å². The number of piperidine rings is 1. The molecule has 1 aliphatic rings. The zero-order valence-corrected chi connectivity index (χ0v) is 29.5. The molecule has 13 heteroatoms. The first-order valence-electron chi connectivity index (χ1n) is 17.8. The number of carbonyl (C=O) groups excluding carboxylic acids is 3. The molecule has 4 aromatic rings. The van der Waals surface area contributed by atoms with Crippen LogP contribution in [0.15, 0.2) is 67.0 Å². The Labute approximate surface area is 302 Å². The van der Waals surface area contributed by atoms with Gasteiger partial charge < -0.3 is 16.2 Å². The predicted octanol–water partition coefficient (Wildman–Crippen LogP) is 5.41. The van der Waals surface area contributed by atoms with Crippen molar-refractivity contribution in [1.82, 2.24) is 24.8 Å². The largest absolute Gasteiger partial charge is 0.388 e. The van der Waals surface area contributed by atoms with Gasteiger partial charge in [-0.15, -0.1) is 0 Å². The number of halogens is 2. The minimum atomic E-state index is -0.808. The number of aliphatic hydroxyl groups excluding tert-OH is 1. The summed E-state index contributed by atoms with van der Waals surface area (Å²) in [5.41, 5.74) is 11.1. The molecule has 52 heavy (non-hydrogen) atoms. The Morgan fingerprint density at radius 2 is 1.75 bits per heavy atom. The summed E-state index contributed by atoms with van der Waals surface area (Å²) in [6, 6.07) is 11.3. The number of hydrogen-bond acceptors (Lipinski definition) is 8. The highest BCUT2D eigenvalue weighted by molar-refractivity contribution is 6.01. The smallest absolute Gasteiger partial charge is 0.325 e. The Morgan fingerprint density at radius 3 is 2.46 bits per heavy atom. The number of urea groups is 1. The molecule has 1 aliphatic heterocycles. The van der Waals surface area contributed by atoms with Crippen LogP contribution in [0, 0.1) is 11.6 Å². The van der Waals surface area contributed by atoms with Gasteiger partial charge in [0.25, 0.3) is 0 Å². The van der Waals surface area contributed by atoms with Crippen molar-refractivity contribution in [1.29, 1.82) is 0 Å². The molecule has 5 rings (SSSR count). The van der Waals surface area contributed by atoms with Crippen molar-refractivity contribution in [2.24, 2.45) is 5.73 Å². The number of imide groups is 1. The molecule has 1 atom stereocenters. The highest BCUT2D eigenvalue weighted by Crippen LogP contribution is 2.26. The number of fused-ring (bicyclic) bond motifs is 1. The van der Waals surface area contributed by atoms with E-state index in [2.05, 4.69) is 38.3 Å². The van der Waals surface area contributed by atoms with Gasteiger partial charge in [-0.2, -0.15) is 5.10 Å². The van der Waals surface area contributed by atoms with E-state index in [0.29, 0.717) is 29.8 Å². The van der Waals surface area contributed by atoms with E-state index in [1.54, 1.807) is 12.1 Å². The monoisotopic (exact) mass is 715 g/mol. The highest BCUT2D eigenvalue weighted by Gasteiger charge is 2.22. The van der Waals surface area contributed by atoms with Crippen LogP contribution in [0.3, 0.4) is 0 Å². The molecule has 11 nitrogen and oxygen atoms in total. The van der Waals surface area contributed by atoms with E-state index in [-0.39, 0.29) is 35.9 Å². The number of aliphatic hydroxyl groups is 1. The molecule has 3 amide bonds. The normalized spacial score (nSPS) is 14.3. The molecule has 0 bridgehead atoms. The number of nitrogens with two attached hydrogens (primary N) is 1. The molecule has 3 heterocycles. The number of likely N-dealkylation sites (tertiary alicyclic amines) is 1. The predicted molar refractivity (Wildman–Crippen MR) is 195 cm³/mol. The lowest BCUT2D eigenvalue weighted by Crippen LogP contribution is -2.39. The Balaban J connectivity index is 1.25. The van der Waals surface area contributed by atoms with Crippen LogP contribution in [0.4, 0.5) is 19.3 Å². The van der Waals surface area contributed by atoms with Crippen LogP contribution in [-0.2, 0) is 35.4 Å². The van der Waals surface area contributed by atoms with Gasteiger partial charge in [-0.25, -0.2) is 23.1 Å². The quantitative estimate of drug-likeness (QED) is 0.0887. The first kappa shape index (κ1) is 38.4. The van der Waals surface area contributed by atoms with Crippen molar-refractivity contribution in [2.75, 3.05) is 18.4 Å². The van der Waals surface area contributed by atoms with Crippen molar-refractivity contribution in [3.8, 4) is 0 Å². The summed E-state index contributed by atoms with van der Waals surface area (Å²) < 4.78 is 30.6. The average molecular weight is 716 g/mol. The van der Waals surface area contributed by atoms with Gasteiger partial charge in [-0.05, 0) is 99.1 Å². The third kappa shape index (κ3) is 10.6. The van der Waals surface area contributed by atoms with Crippen molar-refractivity contribution >= 4 is 28.9 Å². The van der Waals surface area contributed by atoms with Gasteiger partial charge in [-0.1, -0.05) is 44.0 Å². The van der Waals surface area contributed by atoms with Crippen LogP contribution < -0.4 is 16.4 Å². The number of ketones is 1.